The topological polar surface area (TPSA) is 42.4 Å². The van der Waals surface area contributed by atoms with Gasteiger partial charge in [-0.1, -0.05) is 43.2 Å². The van der Waals surface area contributed by atoms with Crippen LogP contribution in [0, 0.1) is 11.8 Å². The lowest BCUT2D eigenvalue weighted by atomic mass is 9.84. The molecule has 2 heterocycles. The average Bonchev–Trinajstić information content (AvgIpc) is 2.83. The number of carbonyl (C=O) groups is 1. The van der Waals surface area contributed by atoms with Crippen molar-refractivity contribution >= 4 is 5.97 Å². The van der Waals surface area contributed by atoms with E-state index in [1.807, 2.05) is 0 Å². The molecule has 4 heteroatoms. The van der Waals surface area contributed by atoms with Gasteiger partial charge in [-0.05, 0) is 37.0 Å². The second-order valence-corrected chi connectivity index (χ2v) is 7.91. The third-order valence-corrected chi connectivity index (χ3v) is 6.01. The number of carbonyl (C=O) groups excluding carboxylic acids is 1. The summed E-state index contributed by atoms with van der Waals surface area (Å²) in [6.45, 7) is 3.16. The van der Waals surface area contributed by atoms with Crippen molar-refractivity contribution in [3.8, 4) is 0 Å². The van der Waals surface area contributed by atoms with Crippen molar-refractivity contribution in [3.05, 3.63) is 66.0 Å². The molecule has 0 N–H and O–H groups in total. The van der Waals surface area contributed by atoms with E-state index in [1.54, 1.807) is 24.5 Å². The monoisotopic (exact) mass is 364 g/mol. The molecule has 2 bridgehead atoms. The van der Waals surface area contributed by atoms with E-state index in [0.717, 1.165) is 38.9 Å². The highest BCUT2D eigenvalue weighted by Gasteiger charge is 2.40. The summed E-state index contributed by atoms with van der Waals surface area (Å²) in [4.78, 5) is 19.2. The number of benzene rings is 1. The summed E-state index contributed by atoms with van der Waals surface area (Å²) in [6, 6.07) is 14.3. The van der Waals surface area contributed by atoms with E-state index in [2.05, 4.69) is 40.2 Å². The van der Waals surface area contributed by atoms with E-state index in [0.29, 0.717) is 17.4 Å². The van der Waals surface area contributed by atoms with Crippen LogP contribution in [0.2, 0.25) is 0 Å². The third-order valence-electron chi connectivity index (χ3n) is 6.01. The van der Waals surface area contributed by atoms with Crippen LogP contribution in [-0.4, -0.2) is 41.6 Å². The summed E-state index contributed by atoms with van der Waals surface area (Å²) < 4.78 is 6.03. The van der Waals surface area contributed by atoms with Crippen LogP contribution in [0.5, 0.6) is 0 Å². The van der Waals surface area contributed by atoms with Crippen LogP contribution in [-0.2, 0) is 11.2 Å². The molecule has 1 saturated carbocycles. The van der Waals surface area contributed by atoms with Crippen molar-refractivity contribution < 1.29 is 9.53 Å². The Bertz CT molecular complexity index is 719. The lowest BCUT2D eigenvalue weighted by Gasteiger charge is -2.42. The molecule has 3 atom stereocenters. The van der Waals surface area contributed by atoms with Gasteiger partial charge in [0.1, 0.15) is 6.10 Å². The van der Waals surface area contributed by atoms with Crippen molar-refractivity contribution in [2.45, 2.75) is 38.2 Å². The van der Waals surface area contributed by atoms with Gasteiger partial charge < -0.3 is 9.64 Å². The zero-order chi connectivity index (χ0) is 18.5. The first-order valence-electron chi connectivity index (χ1n) is 10.2. The molecule has 1 aliphatic heterocycles. The normalized spacial score (nSPS) is 25.6. The van der Waals surface area contributed by atoms with E-state index in [4.69, 9.17) is 4.74 Å². The van der Waals surface area contributed by atoms with Crippen LogP contribution in [0.3, 0.4) is 0 Å². The minimum Gasteiger partial charge on any atom is -0.458 e. The Labute approximate surface area is 161 Å². The van der Waals surface area contributed by atoms with Gasteiger partial charge in [0, 0.05) is 43.9 Å². The lowest BCUT2D eigenvalue weighted by Crippen LogP contribution is -2.50. The molecule has 4 rings (SSSR count). The van der Waals surface area contributed by atoms with E-state index in [9.17, 15) is 4.79 Å². The molecule has 4 nitrogen and oxygen atoms in total. The zero-order valence-electron chi connectivity index (χ0n) is 15.8. The molecule has 2 aromatic rings. The highest BCUT2D eigenvalue weighted by molar-refractivity contribution is 5.89. The Morgan fingerprint density at radius 2 is 1.78 bits per heavy atom. The van der Waals surface area contributed by atoms with E-state index in [1.165, 1.54) is 18.4 Å². The summed E-state index contributed by atoms with van der Waals surface area (Å²) in [5.41, 5.74) is 1.95. The molecule has 142 valence electrons. The minimum absolute atomic E-state index is 0.0492. The first kappa shape index (κ1) is 18.2. The number of ether oxygens (including phenoxy) is 1. The fourth-order valence-electron chi connectivity index (χ4n) is 4.64. The van der Waals surface area contributed by atoms with Crippen molar-refractivity contribution in [2.24, 2.45) is 11.8 Å². The maximum Gasteiger partial charge on any atom is 0.339 e. The molecule has 1 aliphatic carbocycles. The standard InChI is InChI=1S/C23H28N2O2/c26-23(19-11-6-13-24-15-19)27-22-20-9-4-5-10-21(22)17-25(16-20)14-12-18-7-2-1-3-8-18/h1-3,6-8,11,13,15,20-22H,4-5,9-10,12,14,16-17H2/t20-,21+,22?. The number of piperidine rings is 1. The van der Waals surface area contributed by atoms with E-state index < -0.39 is 0 Å². The predicted molar refractivity (Wildman–Crippen MR) is 105 cm³/mol. The Morgan fingerprint density at radius 1 is 1.04 bits per heavy atom. The second kappa shape index (κ2) is 8.66. The average molecular weight is 364 g/mol. The van der Waals surface area contributed by atoms with Crippen molar-refractivity contribution in [1.82, 2.24) is 9.88 Å². The molecule has 2 aliphatic rings. The van der Waals surface area contributed by atoms with Crippen LogP contribution in [0.25, 0.3) is 0 Å². The lowest BCUT2D eigenvalue weighted by molar-refractivity contribution is -0.0443. The maximum absolute atomic E-state index is 12.6. The quantitative estimate of drug-likeness (QED) is 0.753. The molecular weight excluding hydrogens is 336 g/mol. The third kappa shape index (κ3) is 4.56. The largest absolute Gasteiger partial charge is 0.458 e. The van der Waals surface area contributed by atoms with Gasteiger partial charge in [-0.15, -0.1) is 0 Å². The van der Waals surface area contributed by atoms with Gasteiger partial charge in [0.15, 0.2) is 0 Å². The number of hydrogen-bond donors (Lipinski definition) is 0. The van der Waals surface area contributed by atoms with E-state index in [-0.39, 0.29) is 12.1 Å². The summed E-state index contributed by atoms with van der Waals surface area (Å²) in [6.07, 6.45) is 9.22. The van der Waals surface area contributed by atoms with Gasteiger partial charge in [0.2, 0.25) is 0 Å². The van der Waals surface area contributed by atoms with Crippen molar-refractivity contribution in [3.63, 3.8) is 0 Å². The number of esters is 1. The fourth-order valence-corrected chi connectivity index (χ4v) is 4.64. The van der Waals surface area contributed by atoms with Crippen LogP contribution < -0.4 is 0 Å². The van der Waals surface area contributed by atoms with Crippen molar-refractivity contribution in [2.75, 3.05) is 19.6 Å². The Kier molecular flexibility index (Phi) is 5.83. The Balaban J connectivity index is 1.40. The second-order valence-electron chi connectivity index (χ2n) is 7.91. The summed E-state index contributed by atoms with van der Waals surface area (Å²) >= 11 is 0. The molecule has 1 aromatic heterocycles. The molecular formula is C23H28N2O2. The van der Waals surface area contributed by atoms with E-state index >= 15 is 0 Å². The highest BCUT2D eigenvalue weighted by Crippen LogP contribution is 2.36. The number of pyridine rings is 1. The van der Waals surface area contributed by atoms with Gasteiger partial charge in [0.25, 0.3) is 0 Å². The first-order chi connectivity index (χ1) is 13.3. The SMILES string of the molecule is O=C(OC1[C@@H]2CCCC[C@H]1CN(CCc1ccccc1)C2)c1cccnc1. The number of likely N-dealkylation sites (tertiary alicyclic amines) is 1. The van der Waals surface area contributed by atoms with Gasteiger partial charge in [-0.3, -0.25) is 4.98 Å². The predicted octanol–water partition coefficient (Wildman–Crippen LogP) is 3.97. The number of fused-ring (bicyclic) bond motifs is 2. The number of nitrogens with zero attached hydrogens (tertiary/aromatic N) is 2. The molecule has 0 amide bonds. The molecule has 1 unspecified atom stereocenters. The number of rotatable bonds is 5. The number of aromatic nitrogens is 1. The Morgan fingerprint density at radius 3 is 2.44 bits per heavy atom. The van der Waals surface area contributed by atoms with Crippen LogP contribution >= 0.6 is 0 Å². The molecule has 1 saturated heterocycles. The zero-order valence-corrected chi connectivity index (χ0v) is 15.8. The smallest absolute Gasteiger partial charge is 0.339 e. The molecule has 27 heavy (non-hydrogen) atoms. The van der Waals surface area contributed by atoms with Crippen molar-refractivity contribution in [1.29, 1.82) is 0 Å². The molecule has 1 aromatic carbocycles. The van der Waals surface area contributed by atoms with Crippen LogP contribution in [0.1, 0.15) is 41.6 Å². The maximum atomic E-state index is 12.6. The number of hydrogen-bond acceptors (Lipinski definition) is 4. The minimum atomic E-state index is -0.220. The summed E-state index contributed by atoms with van der Waals surface area (Å²) in [7, 11) is 0. The van der Waals surface area contributed by atoms with Gasteiger partial charge >= 0.3 is 5.97 Å². The van der Waals surface area contributed by atoms with Gasteiger partial charge in [-0.25, -0.2) is 4.79 Å². The fraction of sp³-hybridized carbons (Fsp3) is 0.478. The highest BCUT2D eigenvalue weighted by atomic mass is 16.5. The molecule has 0 spiro atoms. The molecule has 2 fully saturated rings. The summed E-state index contributed by atoms with van der Waals surface area (Å²) in [5, 5.41) is 0. The summed E-state index contributed by atoms with van der Waals surface area (Å²) in [5.74, 6) is 0.674. The van der Waals surface area contributed by atoms with Crippen LogP contribution in [0.15, 0.2) is 54.9 Å². The molecule has 0 radical (unpaired) electrons. The van der Waals surface area contributed by atoms with Crippen LogP contribution in [0.4, 0.5) is 0 Å². The van der Waals surface area contributed by atoms with Gasteiger partial charge in [0.05, 0.1) is 5.56 Å². The van der Waals surface area contributed by atoms with Gasteiger partial charge in [-0.2, -0.15) is 0 Å². The Hall–Kier alpha value is -2.20. The first-order valence-corrected chi connectivity index (χ1v) is 10.2.